The third-order valence-corrected chi connectivity index (χ3v) is 3.39. The molecule has 5 heteroatoms. The molecule has 0 radical (unpaired) electrons. The van der Waals surface area contributed by atoms with E-state index in [0.717, 1.165) is 9.26 Å². The summed E-state index contributed by atoms with van der Waals surface area (Å²) in [7, 11) is 0. The van der Waals surface area contributed by atoms with Crippen molar-refractivity contribution in [2.24, 2.45) is 5.41 Å². The van der Waals surface area contributed by atoms with Crippen LogP contribution < -0.4 is 10.6 Å². The van der Waals surface area contributed by atoms with E-state index in [2.05, 4.69) is 33.2 Å². The SMILES string of the molecule is CC(C)(C)C(=O)NCCCC(=O)Nc1ccc(I)cc1. The van der Waals surface area contributed by atoms with Crippen LogP contribution in [0.25, 0.3) is 0 Å². The maximum Gasteiger partial charge on any atom is 0.225 e. The van der Waals surface area contributed by atoms with Crippen molar-refractivity contribution in [2.75, 3.05) is 11.9 Å². The van der Waals surface area contributed by atoms with Gasteiger partial charge in [0.25, 0.3) is 0 Å². The van der Waals surface area contributed by atoms with E-state index >= 15 is 0 Å². The van der Waals surface area contributed by atoms with E-state index in [0.29, 0.717) is 19.4 Å². The Bertz CT molecular complexity index is 464. The molecule has 20 heavy (non-hydrogen) atoms. The van der Waals surface area contributed by atoms with Crippen molar-refractivity contribution in [3.8, 4) is 0 Å². The Morgan fingerprint density at radius 1 is 1.15 bits per heavy atom. The zero-order valence-electron chi connectivity index (χ0n) is 12.1. The summed E-state index contributed by atoms with van der Waals surface area (Å²) in [6.07, 6.45) is 1.04. The highest BCUT2D eigenvalue weighted by Gasteiger charge is 2.20. The Hall–Kier alpha value is -1.11. The Kier molecular flexibility index (Phi) is 6.45. The zero-order valence-corrected chi connectivity index (χ0v) is 14.3. The number of rotatable bonds is 5. The van der Waals surface area contributed by atoms with Gasteiger partial charge >= 0.3 is 0 Å². The number of carbonyl (C=O) groups is 2. The van der Waals surface area contributed by atoms with Crippen LogP contribution >= 0.6 is 22.6 Å². The standard InChI is InChI=1S/C15H21IN2O2/c1-15(2,3)14(20)17-10-4-5-13(19)18-12-8-6-11(16)7-9-12/h6-9H,4-5,10H2,1-3H3,(H,17,20)(H,18,19). The number of hydrogen-bond acceptors (Lipinski definition) is 2. The molecule has 0 unspecified atom stereocenters. The lowest BCUT2D eigenvalue weighted by Gasteiger charge is -2.17. The van der Waals surface area contributed by atoms with Crippen LogP contribution in [0.3, 0.4) is 0 Å². The summed E-state index contributed by atoms with van der Waals surface area (Å²) in [6, 6.07) is 7.64. The highest BCUT2D eigenvalue weighted by Crippen LogP contribution is 2.13. The van der Waals surface area contributed by atoms with Crippen LogP contribution in [0.1, 0.15) is 33.6 Å². The first-order chi connectivity index (χ1) is 9.29. The lowest BCUT2D eigenvalue weighted by Crippen LogP contribution is -2.35. The third kappa shape index (κ3) is 6.36. The van der Waals surface area contributed by atoms with Gasteiger partial charge in [-0.05, 0) is 53.3 Å². The van der Waals surface area contributed by atoms with E-state index in [1.54, 1.807) is 0 Å². The van der Waals surface area contributed by atoms with Crippen LogP contribution in [0.4, 0.5) is 5.69 Å². The number of hydrogen-bond donors (Lipinski definition) is 2. The van der Waals surface area contributed by atoms with Gasteiger partial charge < -0.3 is 10.6 Å². The molecule has 1 aromatic rings. The van der Waals surface area contributed by atoms with E-state index in [1.807, 2.05) is 45.0 Å². The molecule has 0 aliphatic heterocycles. The van der Waals surface area contributed by atoms with Crippen LogP contribution in [-0.2, 0) is 9.59 Å². The molecule has 0 heterocycles. The van der Waals surface area contributed by atoms with E-state index in [1.165, 1.54) is 0 Å². The lowest BCUT2D eigenvalue weighted by molar-refractivity contribution is -0.128. The van der Waals surface area contributed by atoms with E-state index in [4.69, 9.17) is 0 Å². The fourth-order valence-electron chi connectivity index (χ4n) is 1.47. The summed E-state index contributed by atoms with van der Waals surface area (Å²) in [5.74, 6) is -0.0215. The van der Waals surface area contributed by atoms with E-state index in [-0.39, 0.29) is 17.2 Å². The molecule has 1 aromatic carbocycles. The number of nitrogens with one attached hydrogen (secondary N) is 2. The number of anilines is 1. The summed E-state index contributed by atoms with van der Waals surface area (Å²) < 4.78 is 1.13. The van der Waals surface area contributed by atoms with Crippen molar-refractivity contribution in [3.63, 3.8) is 0 Å². The van der Waals surface area contributed by atoms with Gasteiger partial charge in [-0.15, -0.1) is 0 Å². The van der Waals surface area contributed by atoms with Gasteiger partial charge in [-0.1, -0.05) is 20.8 Å². The molecule has 4 nitrogen and oxygen atoms in total. The van der Waals surface area contributed by atoms with E-state index < -0.39 is 0 Å². The van der Waals surface area contributed by atoms with E-state index in [9.17, 15) is 9.59 Å². The van der Waals surface area contributed by atoms with Gasteiger partial charge in [0.15, 0.2) is 0 Å². The summed E-state index contributed by atoms with van der Waals surface area (Å²) in [5.41, 5.74) is 0.415. The first kappa shape index (κ1) is 16.9. The smallest absolute Gasteiger partial charge is 0.225 e. The van der Waals surface area contributed by atoms with Crippen molar-refractivity contribution in [1.29, 1.82) is 0 Å². The predicted octanol–water partition coefficient (Wildman–Crippen LogP) is 3.17. The minimum atomic E-state index is -0.385. The van der Waals surface area contributed by atoms with Crippen molar-refractivity contribution < 1.29 is 9.59 Å². The molecule has 0 atom stereocenters. The molecule has 0 aromatic heterocycles. The summed E-state index contributed by atoms with van der Waals surface area (Å²) in [4.78, 5) is 23.3. The molecular formula is C15H21IN2O2. The Morgan fingerprint density at radius 3 is 2.30 bits per heavy atom. The first-order valence-corrected chi connectivity index (χ1v) is 7.70. The van der Waals surface area contributed by atoms with Gasteiger partial charge in [-0.2, -0.15) is 0 Å². The average Bonchev–Trinajstić information content (AvgIpc) is 2.36. The quantitative estimate of drug-likeness (QED) is 0.602. The lowest BCUT2D eigenvalue weighted by atomic mass is 9.96. The third-order valence-electron chi connectivity index (χ3n) is 2.68. The maximum absolute atomic E-state index is 11.7. The second kappa shape index (κ2) is 7.61. The van der Waals surface area contributed by atoms with Gasteiger partial charge in [0.1, 0.15) is 0 Å². The average molecular weight is 388 g/mol. The molecule has 0 spiro atoms. The van der Waals surface area contributed by atoms with Crippen molar-refractivity contribution in [3.05, 3.63) is 27.8 Å². The fourth-order valence-corrected chi connectivity index (χ4v) is 1.83. The summed E-state index contributed by atoms with van der Waals surface area (Å²) in [6.45, 7) is 6.12. The molecule has 1 rings (SSSR count). The monoisotopic (exact) mass is 388 g/mol. The van der Waals surface area contributed by atoms with Gasteiger partial charge in [0, 0.05) is 27.6 Å². The Balaban J connectivity index is 2.24. The summed E-state index contributed by atoms with van der Waals surface area (Å²) >= 11 is 2.22. The number of amides is 2. The predicted molar refractivity (Wildman–Crippen MR) is 89.5 cm³/mol. The first-order valence-electron chi connectivity index (χ1n) is 6.63. The largest absolute Gasteiger partial charge is 0.356 e. The number of benzene rings is 1. The van der Waals surface area contributed by atoms with Crippen LogP contribution in [0.2, 0.25) is 0 Å². The van der Waals surface area contributed by atoms with Gasteiger partial charge in [-0.25, -0.2) is 0 Å². The molecule has 0 bridgehead atoms. The van der Waals surface area contributed by atoms with Gasteiger partial charge in [0.2, 0.25) is 11.8 Å². The highest BCUT2D eigenvalue weighted by atomic mass is 127. The molecule has 2 N–H and O–H groups in total. The van der Waals surface area contributed by atoms with Crippen LogP contribution in [-0.4, -0.2) is 18.4 Å². The molecule has 110 valence electrons. The molecular weight excluding hydrogens is 367 g/mol. The maximum atomic E-state index is 11.7. The van der Waals surface area contributed by atoms with Crippen LogP contribution in [0.5, 0.6) is 0 Å². The second-order valence-corrected chi connectivity index (χ2v) is 6.91. The van der Waals surface area contributed by atoms with Crippen LogP contribution in [0, 0.1) is 8.99 Å². The molecule has 0 saturated carbocycles. The van der Waals surface area contributed by atoms with Crippen molar-refractivity contribution in [2.45, 2.75) is 33.6 Å². The number of halogens is 1. The molecule has 0 aliphatic carbocycles. The summed E-state index contributed by atoms with van der Waals surface area (Å²) in [5, 5.41) is 5.66. The number of carbonyl (C=O) groups excluding carboxylic acids is 2. The molecule has 0 aliphatic rings. The minimum Gasteiger partial charge on any atom is -0.356 e. The fraction of sp³-hybridized carbons (Fsp3) is 0.467. The van der Waals surface area contributed by atoms with Crippen molar-refractivity contribution >= 4 is 40.1 Å². The Labute approximate surface area is 133 Å². The Morgan fingerprint density at radius 2 is 1.75 bits per heavy atom. The van der Waals surface area contributed by atoms with Crippen molar-refractivity contribution in [1.82, 2.24) is 5.32 Å². The van der Waals surface area contributed by atoms with Crippen LogP contribution in [0.15, 0.2) is 24.3 Å². The second-order valence-electron chi connectivity index (χ2n) is 5.66. The van der Waals surface area contributed by atoms with Gasteiger partial charge in [0.05, 0.1) is 0 Å². The van der Waals surface area contributed by atoms with Gasteiger partial charge in [-0.3, -0.25) is 9.59 Å². The highest BCUT2D eigenvalue weighted by molar-refractivity contribution is 14.1. The zero-order chi connectivity index (χ0) is 15.2. The molecule has 2 amide bonds. The molecule has 0 saturated heterocycles. The minimum absolute atomic E-state index is 0.00976. The normalized spacial score (nSPS) is 11.0. The topological polar surface area (TPSA) is 58.2 Å². The molecule has 0 fully saturated rings.